The van der Waals surface area contributed by atoms with E-state index in [1.165, 1.54) is 47.7 Å². The molecule has 1 saturated carbocycles. The van der Waals surface area contributed by atoms with E-state index < -0.39 is 60.4 Å². The average molecular weight is 1210 g/mol. The molecular formula is C60H70ClFN8O10S3. The molecule has 1 unspecified atom stereocenters. The Kier molecular flexibility index (Phi) is 19.5. The highest BCUT2D eigenvalue weighted by Gasteiger charge is 2.46. The molecule has 3 aromatic carbocycles. The molecule has 0 bridgehead atoms. The molecule has 0 radical (unpaired) electrons. The standard InChI is InChI=1S/C60H70ClFN8O10S3/c1-6-69-47-26-24-41(82(74,75)76)36-43(47)58(3,4)50(69)20-9-8-10-21-51-59(5,44-37-42(83(77,78)79)25-27-48(44)70(51)7-2)30-15-23-53(71)64-33-12-11-18-46(55(63)72)67-56(73)60(38-39-16-13-22-52(66-39)68-57-65-34-35-81-57)31-28-40(29-32-60)80-49-19-14-17-45(61)54(49)62/h8-10,13-14,16-17,19-22,24-27,34-37,40,46H,6-7,11-12,15,18,23,28-33,38H2,1-5H3,(H6-,63,64,65,66,67,68,71,72,73,74,75,76,77,78,79)/t40?,46-,59?,60?/m1/s1. The number of halogens is 2. The van der Waals surface area contributed by atoms with Crippen LogP contribution in [-0.2, 0) is 51.9 Å². The molecule has 23 heteroatoms. The number of pyridine rings is 1. The van der Waals surface area contributed by atoms with E-state index in [1.807, 2.05) is 82.5 Å². The first-order valence-corrected chi connectivity index (χ1v) is 31.8. The number of carbonyl (C=O) groups is 3. The van der Waals surface area contributed by atoms with Crippen molar-refractivity contribution in [3.8, 4) is 5.75 Å². The lowest BCUT2D eigenvalue weighted by Crippen LogP contribution is -2.53. The maximum Gasteiger partial charge on any atom is 0.294 e. The molecule has 442 valence electrons. The van der Waals surface area contributed by atoms with E-state index in [9.17, 15) is 44.7 Å². The second-order valence-corrected chi connectivity index (χ2v) is 25.9. The van der Waals surface area contributed by atoms with E-state index in [0.29, 0.717) is 93.2 Å². The molecule has 0 spiro atoms. The quantitative estimate of drug-likeness (QED) is 0.0158. The average Bonchev–Trinajstić information content (AvgIpc) is 3.96. The summed E-state index contributed by atoms with van der Waals surface area (Å²) in [5.74, 6) is -1.34. The first-order valence-electron chi connectivity index (χ1n) is 27.7. The summed E-state index contributed by atoms with van der Waals surface area (Å²) in [6.07, 6.45) is 14.7. The predicted octanol–water partition coefficient (Wildman–Crippen LogP) is 10.1. The van der Waals surface area contributed by atoms with E-state index in [4.69, 9.17) is 27.1 Å². The Hall–Kier alpha value is -6.82. The molecular weight excluding hydrogens is 1140 g/mol. The number of allylic oxidation sites excluding steroid dienone is 6. The van der Waals surface area contributed by atoms with Crippen molar-refractivity contribution in [2.75, 3.05) is 29.9 Å². The van der Waals surface area contributed by atoms with Crippen LogP contribution in [0.15, 0.2) is 130 Å². The summed E-state index contributed by atoms with van der Waals surface area (Å²) >= 11 is 7.45. The van der Waals surface area contributed by atoms with E-state index in [0.717, 1.165) is 28.3 Å². The Morgan fingerprint density at radius 2 is 1.71 bits per heavy atom. The number of aromatic nitrogens is 2. The Labute approximate surface area is 493 Å². The number of ether oxygens (including phenoxy) is 1. The van der Waals surface area contributed by atoms with Gasteiger partial charge in [0.25, 0.3) is 10.1 Å². The second-order valence-electron chi connectivity index (χ2n) is 21.8. The van der Waals surface area contributed by atoms with Gasteiger partial charge < -0.3 is 35.9 Å². The Morgan fingerprint density at radius 1 is 0.976 bits per heavy atom. The Bertz CT molecular complexity index is 3600. The zero-order valence-corrected chi connectivity index (χ0v) is 50.2. The minimum atomic E-state index is -4.66. The SMILES string of the molecule is CCN1/C(=C/C=C/C=C/C2=[N+](CC)c3ccc(S(=O)(=O)[O-])cc3C2(C)C)C(C)(CCCC(=O)NCCCC[C@@H](NC(=O)C2(Cc3cccc(Nc4nccs4)n3)CCC(Oc3cccc(Cl)c3F)CC2)C(N)=O)c2cc(S(=O)(=O)O)ccc21. The number of likely N-dealkylation sites (N-methyl/N-ethyl adjacent to an activating group) is 1. The van der Waals surface area contributed by atoms with E-state index >= 15 is 0 Å². The molecule has 3 amide bonds. The molecule has 0 saturated heterocycles. The minimum Gasteiger partial charge on any atom is -0.744 e. The summed E-state index contributed by atoms with van der Waals surface area (Å²) in [4.78, 5) is 51.5. The van der Waals surface area contributed by atoms with Crippen LogP contribution in [0.5, 0.6) is 5.75 Å². The predicted molar refractivity (Wildman–Crippen MR) is 318 cm³/mol. The molecule has 4 heterocycles. The van der Waals surface area contributed by atoms with Gasteiger partial charge in [0.2, 0.25) is 23.4 Å². The van der Waals surface area contributed by atoms with Crippen LogP contribution in [0.3, 0.4) is 0 Å². The highest BCUT2D eigenvalue weighted by molar-refractivity contribution is 7.86. The van der Waals surface area contributed by atoms with Crippen LogP contribution >= 0.6 is 22.9 Å². The molecule has 3 aliphatic rings. The van der Waals surface area contributed by atoms with Crippen molar-refractivity contribution in [1.29, 1.82) is 0 Å². The van der Waals surface area contributed by atoms with Gasteiger partial charge in [0.1, 0.15) is 28.5 Å². The summed E-state index contributed by atoms with van der Waals surface area (Å²) in [5.41, 5.74) is 8.90. The summed E-state index contributed by atoms with van der Waals surface area (Å²) in [6, 6.07) is 18.0. The molecule has 83 heavy (non-hydrogen) atoms. The number of thiazole rings is 1. The number of unbranched alkanes of at least 4 members (excludes halogenated alkanes) is 1. The maximum atomic E-state index is 14.8. The Morgan fingerprint density at radius 3 is 2.40 bits per heavy atom. The van der Waals surface area contributed by atoms with Crippen LogP contribution in [0, 0.1) is 11.2 Å². The number of anilines is 3. The van der Waals surface area contributed by atoms with Crippen molar-refractivity contribution in [1.82, 2.24) is 20.6 Å². The Balaban J connectivity index is 0.889. The lowest BCUT2D eigenvalue weighted by molar-refractivity contribution is -0.433. The number of nitrogens with zero attached hydrogens (tertiary/aromatic N) is 4. The van der Waals surface area contributed by atoms with E-state index in [2.05, 4.69) is 30.4 Å². The number of rotatable bonds is 25. The van der Waals surface area contributed by atoms with Crippen molar-refractivity contribution in [2.45, 2.75) is 138 Å². The molecule has 1 fully saturated rings. The van der Waals surface area contributed by atoms with Crippen molar-refractivity contribution in [2.24, 2.45) is 11.1 Å². The van der Waals surface area contributed by atoms with Crippen LogP contribution in [0.4, 0.5) is 26.7 Å². The summed E-state index contributed by atoms with van der Waals surface area (Å²) in [5, 5.41) is 11.6. The van der Waals surface area contributed by atoms with Gasteiger partial charge in [-0.3, -0.25) is 18.9 Å². The highest BCUT2D eigenvalue weighted by Crippen LogP contribution is 2.51. The van der Waals surface area contributed by atoms with Crippen molar-refractivity contribution in [3.63, 3.8) is 0 Å². The van der Waals surface area contributed by atoms with Crippen LogP contribution in [0.1, 0.15) is 116 Å². The fourth-order valence-electron chi connectivity index (χ4n) is 11.7. The van der Waals surface area contributed by atoms with Gasteiger partial charge in [-0.1, -0.05) is 42.0 Å². The lowest BCUT2D eigenvalue weighted by atomic mass is 9.69. The first kappa shape index (κ1) is 62.2. The molecule has 5 aromatic rings. The number of hydrogen-bond acceptors (Lipinski definition) is 14. The number of carbonyl (C=O) groups excluding carboxylic acids is 3. The smallest absolute Gasteiger partial charge is 0.294 e. The molecule has 2 aromatic heterocycles. The minimum absolute atomic E-state index is 0.0297. The zero-order chi connectivity index (χ0) is 59.9. The molecule has 18 nitrogen and oxygen atoms in total. The number of nitrogens with two attached hydrogens (primary N) is 1. The summed E-state index contributed by atoms with van der Waals surface area (Å²) in [6.45, 7) is 11.3. The topological polar surface area (TPSA) is 266 Å². The first-order chi connectivity index (χ1) is 39.4. The van der Waals surface area contributed by atoms with Gasteiger partial charge >= 0.3 is 0 Å². The van der Waals surface area contributed by atoms with Gasteiger partial charge in [-0.05, 0) is 159 Å². The molecule has 8 rings (SSSR count). The zero-order valence-electron chi connectivity index (χ0n) is 47.0. The van der Waals surface area contributed by atoms with Gasteiger partial charge in [0, 0.05) is 77.7 Å². The maximum absolute atomic E-state index is 14.8. The second kappa shape index (κ2) is 26.0. The van der Waals surface area contributed by atoms with Crippen molar-refractivity contribution >= 4 is 88.9 Å². The molecule has 1 aliphatic carbocycles. The molecule has 2 aliphatic heterocycles. The van der Waals surface area contributed by atoms with Crippen LogP contribution in [0.2, 0.25) is 5.02 Å². The fourth-order valence-corrected chi connectivity index (χ4v) is 13.4. The van der Waals surface area contributed by atoms with Crippen LogP contribution in [0.25, 0.3) is 0 Å². The third-order valence-corrected chi connectivity index (χ3v) is 18.7. The number of hydrogen-bond donors (Lipinski definition) is 5. The van der Waals surface area contributed by atoms with Gasteiger partial charge in [0.05, 0.1) is 31.7 Å². The lowest BCUT2D eigenvalue weighted by Gasteiger charge is -2.39. The van der Waals surface area contributed by atoms with Crippen molar-refractivity contribution in [3.05, 3.63) is 148 Å². The highest BCUT2D eigenvalue weighted by atomic mass is 35.5. The number of primary amides is 1. The van der Waals surface area contributed by atoms with E-state index in [1.54, 1.807) is 30.5 Å². The number of benzene rings is 3. The summed E-state index contributed by atoms with van der Waals surface area (Å²) in [7, 11) is -9.20. The van der Waals surface area contributed by atoms with Gasteiger partial charge in [-0.15, -0.1) is 11.3 Å². The monoisotopic (exact) mass is 1210 g/mol. The third-order valence-electron chi connectivity index (χ3n) is 16.1. The van der Waals surface area contributed by atoms with Gasteiger partial charge in [0.15, 0.2) is 22.4 Å². The fraction of sp³-hybridized carbons (Fsp3) is 0.400. The van der Waals surface area contributed by atoms with Crippen molar-refractivity contribution < 1.29 is 54.0 Å². The normalized spacial score (nSPS) is 20.4. The van der Waals surface area contributed by atoms with E-state index in [-0.39, 0.29) is 51.6 Å². The molecule has 6 N–H and O–H groups in total. The van der Waals surface area contributed by atoms with Gasteiger partial charge in [-0.2, -0.15) is 13.0 Å². The van der Waals surface area contributed by atoms with Gasteiger partial charge in [-0.25, -0.2) is 22.8 Å². The third kappa shape index (κ3) is 14.2. The number of fused-ring (bicyclic) bond motifs is 2. The van der Waals surface area contributed by atoms with Crippen LogP contribution < -0.4 is 31.3 Å². The van der Waals surface area contributed by atoms with Crippen LogP contribution in [-0.4, -0.2) is 95.7 Å². The summed E-state index contributed by atoms with van der Waals surface area (Å²) < 4.78 is 93.6. The largest absolute Gasteiger partial charge is 0.744 e. The molecule has 2 atom stereocenters. The number of amides is 3. The number of nitrogens with one attached hydrogen (secondary N) is 3.